The molecule has 3 aliphatic heterocycles. The van der Waals surface area contributed by atoms with Crippen molar-refractivity contribution in [1.82, 2.24) is 24.8 Å². The highest BCUT2D eigenvalue weighted by atomic mass is 32.1. The second kappa shape index (κ2) is 10.1. The summed E-state index contributed by atoms with van der Waals surface area (Å²) in [7, 11) is 0. The molecular weight excluding hydrogens is 438 g/mol. The summed E-state index contributed by atoms with van der Waals surface area (Å²) < 4.78 is 13.6. The molecule has 9 heteroatoms. The van der Waals surface area contributed by atoms with Crippen molar-refractivity contribution in [3.63, 3.8) is 0 Å². The zero-order valence-corrected chi connectivity index (χ0v) is 20.7. The normalized spacial score (nSPS) is 27.7. The van der Waals surface area contributed by atoms with E-state index in [1.165, 1.54) is 15.3 Å². The Kier molecular flexibility index (Phi) is 7.15. The summed E-state index contributed by atoms with van der Waals surface area (Å²) in [5, 5.41) is 19.1. The van der Waals surface area contributed by atoms with Crippen LogP contribution in [-0.4, -0.2) is 88.0 Å². The lowest BCUT2D eigenvalue weighted by molar-refractivity contribution is -0.112. The first kappa shape index (κ1) is 23.4. The van der Waals surface area contributed by atoms with Crippen LogP contribution in [0.2, 0.25) is 0 Å². The predicted molar refractivity (Wildman–Crippen MR) is 127 cm³/mol. The van der Waals surface area contributed by atoms with E-state index in [4.69, 9.17) is 9.47 Å². The third kappa shape index (κ3) is 5.18. The van der Waals surface area contributed by atoms with E-state index < -0.39 is 6.10 Å². The van der Waals surface area contributed by atoms with Crippen molar-refractivity contribution >= 4 is 11.3 Å². The summed E-state index contributed by atoms with van der Waals surface area (Å²) in [5.74, 6) is 0. The number of hydrogen-bond acceptors (Lipinski definition) is 8. The molecule has 0 amide bonds. The molecule has 2 aromatic heterocycles. The average molecular weight is 476 g/mol. The number of likely N-dealkylation sites (tertiary alicyclic amines) is 1. The molecule has 1 spiro atoms. The van der Waals surface area contributed by atoms with E-state index in [1.807, 2.05) is 17.5 Å². The van der Waals surface area contributed by atoms with Crippen LogP contribution in [0, 0.1) is 0 Å². The van der Waals surface area contributed by atoms with Gasteiger partial charge in [-0.2, -0.15) is 0 Å². The Bertz CT molecular complexity index is 927. The lowest BCUT2D eigenvalue weighted by Crippen LogP contribution is -2.50. The van der Waals surface area contributed by atoms with Gasteiger partial charge in [0, 0.05) is 61.1 Å². The molecule has 5 heterocycles. The van der Waals surface area contributed by atoms with Crippen LogP contribution in [0.25, 0.3) is 0 Å². The molecule has 33 heavy (non-hydrogen) atoms. The van der Waals surface area contributed by atoms with E-state index in [2.05, 4.69) is 40.0 Å². The number of β-amino-alcohol motifs (C(OH)–C–C–N with tert-alkyl or cyclic N) is 1. The molecule has 0 aromatic carbocycles. The van der Waals surface area contributed by atoms with E-state index in [9.17, 15) is 5.11 Å². The molecule has 0 saturated carbocycles. The number of nitrogens with zero attached hydrogens (tertiary/aromatic N) is 5. The highest BCUT2D eigenvalue weighted by Crippen LogP contribution is 2.46. The van der Waals surface area contributed by atoms with Gasteiger partial charge in [-0.1, -0.05) is 12.1 Å². The Morgan fingerprint density at radius 2 is 2.09 bits per heavy atom. The van der Waals surface area contributed by atoms with Gasteiger partial charge in [-0.15, -0.1) is 16.4 Å². The molecule has 2 fully saturated rings. The Balaban J connectivity index is 1.17. The first-order valence-electron chi connectivity index (χ1n) is 12.4. The van der Waals surface area contributed by atoms with E-state index in [0.29, 0.717) is 19.1 Å². The molecule has 0 bridgehead atoms. The number of rotatable bonds is 7. The minimum absolute atomic E-state index is 0.116. The second-order valence-electron chi connectivity index (χ2n) is 9.77. The standard InChI is InChI=1S/C24H37N5O3S/c1-3-21-12-22-23(33-21)4-9-32-24(22)5-6-28(18(2)13-24)14-19-15-29(26-25-19)17-20(30)16-27-7-10-31-11-8-27/h12,15,18,20,30H,3-11,13-14,16-17H2,1-2H3/t18-,20?,24+/m0/s1. The van der Waals surface area contributed by atoms with Gasteiger partial charge in [0.05, 0.1) is 43.8 Å². The summed E-state index contributed by atoms with van der Waals surface area (Å²) in [4.78, 5) is 7.76. The summed E-state index contributed by atoms with van der Waals surface area (Å²) in [6.07, 6.45) is 5.74. The summed E-state index contributed by atoms with van der Waals surface area (Å²) >= 11 is 1.98. The monoisotopic (exact) mass is 475 g/mol. The molecule has 2 aromatic rings. The third-order valence-electron chi connectivity index (χ3n) is 7.38. The summed E-state index contributed by atoms with van der Waals surface area (Å²) in [6.45, 7) is 11.5. The van der Waals surface area contributed by atoms with Gasteiger partial charge in [-0.05, 0) is 37.8 Å². The van der Waals surface area contributed by atoms with Gasteiger partial charge in [-0.3, -0.25) is 9.80 Å². The number of morpholine rings is 1. The predicted octanol–water partition coefficient (Wildman–Crippen LogP) is 2.05. The van der Waals surface area contributed by atoms with E-state index in [1.54, 1.807) is 4.68 Å². The van der Waals surface area contributed by atoms with Crippen molar-refractivity contribution in [2.45, 2.75) is 70.4 Å². The van der Waals surface area contributed by atoms with Gasteiger partial charge in [0.2, 0.25) is 0 Å². The van der Waals surface area contributed by atoms with Crippen LogP contribution in [0.5, 0.6) is 0 Å². The van der Waals surface area contributed by atoms with Crippen molar-refractivity contribution in [3.05, 3.63) is 33.3 Å². The lowest BCUT2D eigenvalue weighted by Gasteiger charge is -2.47. The quantitative estimate of drug-likeness (QED) is 0.657. The van der Waals surface area contributed by atoms with Crippen LogP contribution >= 0.6 is 11.3 Å². The fraction of sp³-hybridized carbons (Fsp3) is 0.750. The van der Waals surface area contributed by atoms with Gasteiger partial charge in [0.15, 0.2) is 0 Å². The number of thiophene rings is 1. The van der Waals surface area contributed by atoms with Gasteiger partial charge in [0.1, 0.15) is 0 Å². The number of aliphatic hydroxyl groups excluding tert-OH is 1. The maximum Gasteiger partial charge on any atom is 0.0969 e. The SMILES string of the molecule is CCc1cc2c(s1)CCO[C@@]21CCN(Cc2cn(CC(O)CN3CCOCC3)nn2)[C@@H](C)C1. The van der Waals surface area contributed by atoms with Crippen LogP contribution < -0.4 is 0 Å². The van der Waals surface area contributed by atoms with Crippen LogP contribution in [0.1, 0.15) is 47.7 Å². The Hall–Kier alpha value is -1.36. The molecule has 8 nitrogen and oxygen atoms in total. The maximum atomic E-state index is 10.5. The number of aromatic nitrogens is 3. The number of piperidine rings is 1. The molecule has 2 saturated heterocycles. The van der Waals surface area contributed by atoms with Gasteiger partial charge >= 0.3 is 0 Å². The van der Waals surface area contributed by atoms with Crippen LogP contribution in [0.15, 0.2) is 12.3 Å². The molecule has 0 aliphatic carbocycles. The Labute approximate surface area is 200 Å². The van der Waals surface area contributed by atoms with Crippen molar-refractivity contribution in [2.24, 2.45) is 0 Å². The third-order valence-corrected chi connectivity index (χ3v) is 8.72. The van der Waals surface area contributed by atoms with Crippen molar-refractivity contribution in [1.29, 1.82) is 0 Å². The molecule has 3 aliphatic rings. The zero-order chi connectivity index (χ0) is 22.8. The van der Waals surface area contributed by atoms with Crippen LogP contribution in [0.3, 0.4) is 0 Å². The fourth-order valence-electron chi connectivity index (χ4n) is 5.57. The maximum absolute atomic E-state index is 10.5. The molecule has 3 atom stereocenters. The van der Waals surface area contributed by atoms with Crippen molar-refractivity contribution in [3.8, 4) is 0 Å². The molecule has 5 rings (SSSR count). The van der Waals surface area contributed by atoms with Gasteiger partial charge in [-0.25, -0.2) is 4.68 Å². The summed E-state index contributed by atoms with van der Waals surface area (Å²) in [5.41, 5.74) is 2.31. The fourth-order valence-corrected chi connectivity index (χ4v) is 6.75. The highest BCUT2D eigenvalue weighted by Gasteiger charge is 2.44. The molecule has 1 unspecified atom stereocenters. The second-order valence-corrected chi connectivity index (χ2v) is 11.0. The van der Waals surface area contributed by atoms with Crippen molar-refractivity contribution in [2.75, 3.05) is 46.0 Å². The number of fused-ring (bicyclic) bond motifs is 2. The minimum atomic E-state index is -0.456. The first-order valence-corrected chi connectivity index (χ1v) is 13.2. The number of aryl methyl sites for hydroxylation is 1. The molecular formula is C24H37N5O3S. The van der Waals surface area contributed by atoms with E-state index >= 15 is 0 Å². The van der Waals surface area contributed by atoms with E-state index in [0.717, 1.165) is 77.4 Å². The van der Waals surface area contributed by atoms with Crippen LogP contribution in [0.4, 0.5) is 0 Å². The molecule has 182 valence electrons. The molecule has 1 N–H and O–H groups in total. The van der Waals surface area contributed by atoms with E-state index in [-0.39, 0.29) is 5.60 Å². The minimum Gasteiger partial charge on any atom is -0.390 e. The smallest absolute Gasteiger partial charge is 0.0969 e. The average Bonchev–Trinajstić information content (AvgIpc) is 3.44. The largest absolute Gasteiger partial charge is 0.390 e. The summed E-state index contributed by atoms with van der Waals surface area (Å²) in [6, 6.07) is 2.82. The number of aliphatic hydroxyl groups is 1. The number of hydrogen-bond donors (Lipinski definition) is 1. The Morgan fingerprint density at radius 1 is 1.24 bits per heavy atom. The highest BCUT2D eigenvalue weighted by molar-refractivity contribution is 7.12. The van der Waals surface area contributed by atoms with Gasteiger partial charge < -0.3 is 14.6 Å². The van der Waals surface area contributed by atoms with Gasteiger partial charge in [0.25, 0.3) is 0 Å². The van der Waals surface area contributed by atoms with Crippen LogP contribution in [-0.2, 0) is 41.0 Å². The Morgan fingerprint density at radius 3 is 2.88 bits per heavy atom. The molecule has 0 radical (unpaired) electrons. The first-order chi connectivity index (χ1) is 16.0. The topological polar surface area (TPSA) is 75.9 Å². The number of ether oxygens (including phenoxy) is 2. The van der Waals surface area contributed by atoms with Crippen molar-refractivity contribution < 1.29 is 14.6 Å². The zero-order valence-electron chi connectivity index (χ0n) is 19.9. The lowest BCUT2D eigenvalue weighted by atomic mass is 9.79.